The summed E-state index contributed by atoms with van der Waals surface area (Å²) in [6.07, 6.45) is 0.447. The van der Waals surface area contributed by atoms with Crippen LogP contribution in [0.2, 0.25) is 0 Å². The molecule has 3 amide bonds. The van der Waals surface area contributed by atoms with Gasteiger partial charge in [0.05, 0.1) is 38.9 Å². The van der Waals surface area contributed by atoms with Crippen LogP contribution in [0.1, 0.15) is 25.0 Å². The molecule has 0 bridgehead atoms. The van der Waals surface area contributed by atoms with Crippen molar-refractivity contribution in [2.24, 2.45) is 5.92 Å². The summed E-state index contributed by atoms with van der Waals surface area (Å²) in [7, 11) is 1.56. The van der Waals surface area contributed by atoms with Crippen LogP contribution in [0.15, 0.2) is 54.6 Å². The fourth-order valence-electron chi connectivity index (χ4n) is 4.24. The van der Waals surface area contributed by atoms with E-state index in [1.165, 1.54) is 0 Å². The standard InChI is InChI=1S/C29H35N3O7/c1-18(30-27(35)21-15-38-16-21)26(34)32-24(14-20-9-11-22(37-3)12-10-20)28(36)31-23(25(33)29(2)17-39-29)13-19-7-5-4-6-8-19/h4-12,18,21,23-24H,13-17H2,1-3H3,(H,30,35)(H,31,36)(H,32,34). The summed E-state index contributed by atoms with van der Waals surface area (Å²) in [5, 5.41) is 8.31. The maximum Gasteiger partial charge on any atom is 0.243 e. The van der Waals surface area contributed by atoms with E-state index in [2.05, 4.69) is 16.0 Å². The van der Waals surface area contributed by atoms with E-state index in [9.17, 15) is 19.2 Å². The number of methoxy groups -OCH3 is 1. The fourth-order valence-corrected chi connectivity index (χ4v) is 4.24. The van der Waals surface area contributed by atoms with Crippen LogP contribution < -0.4 is 20.7 Å². The Hall–Kier alpha value is -3.76. The molecular weight excluding hydrogens is 502 g/mol. The van der Waals surface area contributed by atoms with Gasteiger partial charge in [0, 0.05) is 6.42 Å². The highest BCUT2D eigenvalue weighted by atomic mass is 16.6. The van der Waals surface area contributed by atoms with Crippen molar-refractivity contribution in [3.63, 3.8) is 0 Å². The van der Waals surface area contributed by atoms with E-state index in [4.69, 9.17) is 14.2 Å². The Morgan fingerprint density at radius 1 is 0.897 bits per heavy atom. The van der Waals surface area contributed by atoms with Crippen LogP contribution in [0.25, 0.3) is 0 Å². The van der Waals surface area contributed by atoms with Gasteiger partial charge in [-0.1, -0.05) is 42.5 Å². The second kappa shape index (κ2) is 12.4. The lowest BCUT2D eigenvalue weighted by Crippen LogP contribution is -2.57. The van der Waals surface area contributed by atoms with E-state index in [1.54, 1.807) is 45.2 Å². The van der Waals surface area contributed by atoms with Crippen molar-refractivity contribution in [2.75, 3.05) is 26.9 Å². The normalized spacial score (nSPS) is 20.5. The molecule has 2 aromatic rings. The molecule has 2 aliphatic rings. The minimum Gasteiger partial charge on any atom is -0.497 e. The molecule has 2 saturated heterocycles. The number of rotatable bonds is 13. The van der Waals surface area contributed by atoms with Crippen LogP contribution in [-0.2, 0) is 41.5 Å². The number of ketones is 1. The van der Waals surface area contributed by atoms with Gasteiger partial charge >= 0.3 is 0 Å². The van der Waals surface area contributed by atoms with Crippen LogP contribution in [-0.4, -0.2) is 74.2 Å². The first-order valence-corrected chi connectivity index (χ1v) is 13.0. The molecule has 4 rings (SSSR count). The summed E-state index contributed by atoms with van der Waals surface area (Å²) >= 11 is 0. The second-order valence-electron chi connectivity index (χ2n) is 10.2. The molecule has 10 heteroatoms. The first-order valence-electron chi connectivity index (χ1n) is 13.0. The highest BCUT2D eigenvalue weighted by molar-refractivity contribution is 5.98. The highest BCUT2D eigenvalue weighted by Gasteiger charge is 2.50. The second-order valence-corrected chi connectivity index (χ2v) is 10.2. The van der Waals surface area contributed by atoms with E-state index in [-0.39, 0.29) is 30.4 Å². The maximum absolute atomic E-state index is 13.6. The lowest BCUT2D eigenvalue weighted by molar-refractivity contribution is -0.142. The zero-order chi connectivity index (χ0) is 28.0. The number of carbonyl (C=O) groups excluding carboxylic acids is 4. The van der Waals surface area contributed by atoms with Crippen LogP contribution >= 0.6 is 0 Å². The SMILES string of the molecule is COc1ccc(CC(NC(=O)C(C)NC(=O)C2COC2)C(=O)NC(Cc2ccccc2)C(=O)C2(C)CO2)cc1. The maximum atomic E-state index is 13.6. The lowest BCUT2D eigenvalue weighted by Gasteiger charge is -2.27. The molecule has 0 saturated carbocycles. The van der Waals surface area contributed by atoms with Crippen molar-refractivity contribution in [3.8, 4) is 5.75 Å². The molecule has 0 radical (unpaired) electrons. The number of carbonyl (C=O) groups is 4. The predicted molar refractivity (Wildman–Crippen MR) is 142 cm³/mol. The van der Waals surface area contributed by atoms with Crippen LogP contribution in [0.5, 0.6) is 5.75 Å². The quantitative estimate of drug-likeness (QED) is 0.324. The topological polar surface area (TPSA) is 135 Å². The van der Waals surface area contributed by atoms with E-state index in [0.717, 1.165) is 11.1 Å². The van der Waals surface area contributed by atoms with Crippen molar-refractivity contribution >= 4 is 23.5 Å². The van der Waals surface area contributed by atoms with E-state index >= 15 is 0 Å². The van der Waals surface area contributed by atoms with Crippen LogP contribution in [0.3, 0.4) is 0 Å². The summed E-state index contributed by atoms with van der Waals surface area (Å²) in [5.41, 5.74) is 0.723. The number of hydrogen-bond acceptors (Lipinski definition) is 7. The Balaban J connectivity index is 1.50. The van der Waals surface area contributed by atoms with E-state index < -0.39 is 35.5 Å². The zero-order valence-corrected chi connectivity index (χ0v) is 22.4. The average molecular weight is 538 g/mol. The van der Waals surface area contributed by atoms with Crippen molar-refractivity contribution in [2.45, 2.75) is 50.4 Å². The first-order chi connectivity index (χ1) is 18.7. The van der Waals surface area contributed by atoms with E-state index in [1.807, 2.05) is 30.3 Å². The monoisotopic (exact) mass is 537 g/mol. The van der Waals surface area contributed by atoms with Gasteiger partial charge in [-0.05, 0) is 43.5 Å². The molecule has 10 nitrogen and oxygen atoms in total. The van der Waals surface area contributed by atoms with Crippen molar-refractivity contribution in [1.29, 1.82) is 0 Å². The Labute approximate surface area is 227 Å². The van der Waals surface area contributed by atoms with Crippen LogP contribution in [0.4, 0.5) is 0 Å². The van der Waals surface area contributed by atoms with Gasteiger partial charge in [0.25, 0.3) is 0 Å². The molecule has 208 valence electrons. The molecule has 4 unspecified atom stereocenters. The predicted octanol–water partition coefficient (Wildman–Crippen LogP) is 0.959. The summed E-state index contributed by atoms with van der Waals surface area (Å²) in [4.78, 5) is 52.2. The molecule has 39 heavy (non-hydrogen) atoms. The van der Waals surface area contributed by atoms with Crippen molar-refractivity contribution in [3.05, 3.63) is 65.7 Å². The van der Waals surface area contributed by atoms with Gasteiger partial charge in [-0.3, -0.25) is 19.2 Å². The summed E-state index contributed by atoms with van der Waals surface area (Å²) in [5.74, 6) is -1.14. The molecular formula is C29H35N3O7. The van der Waals surface area contributed by atoms with Crippen LogP contribution in [0, 0.1) is 5.92 Å². The smallest absolute Gasteiger partial charge is 0.243 e. The summed E-state index contributed by atoms with van der Waals surface area (Å²) < 4.78 is 15.6. The number of Topliss-reactive ketones (excluding diaryl/α,β-unsaturated/α-hetero) is 1. The number of epoxide rings is 1. The Morgan fingerprint density at radius 2 is 1.49 bits per heavy atom. The molecule has 2 fully saturated rings. The lowest BCUT2D eigenvalue weighted by atomic mass is 9.94. The molecule has 4 atom stereocenters. The molecule has 2 heterocycles. The molecule has 0 spiro atoms. The average Bonchev–Trinajstić information content (AvgIpc) is 3.65. The summed E-state index contributed by atoms with van der Waals surface area (Å²) in [6, 6.07) is 13.8. The number of benzene rings is 2. The van der Waals surface area contributed by atoms with Gasteiger partial charge in [-0.15, -0.1) is 0 Å². The van der Waals surface area contributed by atoms with Gasteiger partial charge in [0.1, 0.15) is 23.4 Å². The van der Waals surface area contributed by atoms with Gasteiger partial charge in [0.15, 0.2) is 5.78 Å². The summed E-state index contributed by atoms with van der Waals surface area (Å²) in [6.45, 7) is 4.20. The Morgan fingerprint density at radius 3 is 2.05 bits per heavy atom. The van der Waals surface area contributed by atoms with Crippen molar-refractivity contribution < 1.29 is 33.4 Å². The van der Waals surface area contributed by atoms with Gasteiger partial charge in [0.2, 0.25) is 17.7 Å². The Kier molecular flexibility index (Phi) is 8.98. The zero-order valence-electron chi connectivity index (χ0n) is 22.4. The highest BCUT2D eigenvalue weighted by Crippen LogP contribution is 2.29. The molecule has 3 N–H and O–H groups in total. The third-order valence-corrected chi connectivity index (χ3v) is 7.01. The third-order valence-electron chi connectivity index (χ3n) is 7.01. The fraction of sp³-hybridized carbons (Fsp3) is 0.448. The molecule has 2 aliphatic heterocycles. The van der Waals surface area contributed by atoms with Gasteiger partial charge in [-0.2, -0.15) is 0 Å². The molecule has 0 aromatic heterocycles. The minimum absolute atomic E-state index is 0.165. The van der Waals surface area contributed by atoms with Gasteiger partial charge in [-0.25, -0.2) is 0 Å². The number of hydrogen-bond donors (Lipinski definition) is 3. The van der Waals surface area contributed by atoms with Crippen molar-refractivity contribution in [1.82, 2.24) is 16.0 Å². The number of amides is 3. The minimum atomic E-state index is -1.00. The number of ether oxygens (including phenoxy) is 3. The molecule has 2 aromatic carbocycles. The first kappa shape index (κ1) is 28.3. The number of nitrogens with one attached hydrogen (secondary N) is 3. The largest absolute Gasteiger partial charge is 0.497 e. The van der Waals surface area contributed by atoms with Gasteiger partial charge < -0.3 is 30.2 Å². The third kappa shape index (κ3) is 7.42. The molecule has 0 aliphatic carbocycles. The Bertz CT molecular complexity index is 1180. The van der Waals surface area contributed by atoms with E-state index in [0.29, 0.717) is 25.6 Å².